The lowest BCUT2D eigenvalue weighted by molar-refractivity contribution is -0.137. The summed E-state index contributed by atoms with van der Waals surface area (Å²) >= 11 is 5.89. The van der Waals surface area contributed by atoms with E-state index in [9.17, 15) is 33.0 Å². The monoisotopic (exact) mass is 386 g/mol. The zero-order valence-electron chi connectivity index (χ0n) is 13.3. The molecule has 0 saturated heterocycles. The largest absolute Gasteiger partial charge is 0.478 e. The fourth-order valence-electron chi connectivity index (χ4n) is 2.64. The quantitative estimate of drug-likeness (QED) is 0.738. The standard InChI is InChI=1S/C18H14ClF3O4/c19-15-9-11(18(20,21)22)8-7-10(15)3-1-4-12-13(16(23)24)5-2-6-14(12)17(25)26/h2,5-9H,1,3-4H2,(H,23,24)(H,25,26). The second-order valence-corrected chi connectivity index (χ2v) is 6.01. The molecule has 0 aliphatic rings. The molecule has 0 atom stereocenters. The third kappa shape index (κ3) is 4.54. The van der Waals surface area contributed by atoms with Crippen molar-refractivity contribution >= 4 is 23.5 Å². The molecule has 4 nitrogen and oxygen atoms in total. The van der Waals surface area contributed by atoms with Gasteiger partial charge in [-0.1, -0.05) is 23.7 Å². The number of rotatable bonds is 6. The first-order valence-electron chi connectivity index (χ1n) is 7.55. The Bertz CT molecular complexity index is 815. The topological polar surface area (TPSA) is 74.6 Å². The van der Waals surface area contributed by atoms with Crippen LogP contribution in [0.15, 0.2) is 36.4 Å². The number of halogens is 4. The van der Waals surface area contributed by atoms with Crippen molar-refractivity contribution in [3.63, 3.8) is 0 Å². The third-order valence-electron chi connectivity index (χ3n) is 3.89. The van der Waals surface area contributed by atoms with Gasteiger partial charge in [-0.05, 0) is 54.7 Å². The van der Waals surface area contributed by atoms with Gasteiger partial charge in [0.15, 0.2) is 0 Å². The van der Waals surface area contributed by atoms with E-state index in [-0.39, 0.29) is 34.6 Å². The van der Waals surface area contributed by atoms with Crippen LogP contribution in [0.3, 0.4) is 0 Å². The summed E-state index contributed by atoms with van der Waals surface area (Å²) in [6.07, 6.45) is -3.74. The Morgan fingerprint density at radius 3 is 2.00 bits per heavy atom. The smallest absolute Gasteiger partial charge is 0.416 e. The molecule has 138 valence electrons. The Morgan fingerprint density at radius 2 is 1.54 bits per heavy atom. The SMILES string of the molecule is O=C(O)c1cccc(C(=O)O)c1CCCc1ccc(C(F)(F)F)cc1Cl. The second kappa shape index (κ2) is 7.78. The molecule has 26 heavy (non-hydrogen) atoms. The van der Waals surface area contributed by atoms with Crippen molar-refractivity contribution in [2.45, 2.75) is 25.4 Å². The Labute approximate surface area is 151 Å². The summed E-state index contributed by atoms with van der Waals surface area (Å²) in [5.74, 6) is -2.48. The molecule has 0 saturated carbocycles. The molecule has 0 spiro atoms. The van der Waals surface area contributed by atoms with Crippen molar-refractivity contribution in [1.82, 2.24) is 0 Å². The molecule has 0 aromatic heterocycles. The lowest BCUT2D eigenvalue weighted by Gasteiger charge is -2.12. The molecule has 0 unspecified atom stereocenters. The summed E-state index contributed by atoms with van der Waals surface area (Å²) < 4.78 is 37.9. The van der Waals surface area contributed by atoms with Crippen LogP contribution >= 0.6 is 11.6 Å². The second-order valence-electron chi connectivity index (χ2n) is 5.60. The number of carbonyl (C=O) groups is 2. The molecule has 2 rings (SSSR count). The number of benzene rings is 2. The summed E-state index contributed by atoms with van der Waals surface area (Å²) in [6, 6.07) is 7.01. The molecule has 0 aliphatic carbocycles. The first kappa shape index (κ1) is 19.8. The van der Waals surface area contributed by atoms with Gasteiger partial charge < -0.3 is 10.2 Å². The highest BCUT2D eigenvalue weighted by Gasteiger charge is 2.30. The van der Waals surface area contributed by atoms with Gasteiger partial charge in [-0.3, -0.25) is 0 Å². The maximum Gasteiger partial charge on any atom is 0.416 e. The van der Waals surface area contributed by atoms with Crippen molar-refractivity contribution in [2.24, 2.45) is 0 Å². The normalized spacial score (nSPS) is 11.4. The zero-order chi connectivity index (χ0) is 19.5. The first-order valence-corrected chi connectivity index (χ1v) is 7.93. The molecule has 0 radical (unpaired) electrons. The van der Waals surface area contributed by atoms with Gasteiger partial charge in [0.2, 0.25) is 0 Å². The van der Waals surface area contributed by atoms with Crippen molar-refractivity contribution in [3.05, 3.63) is 69.2 Å². The minimum Gasteiger partial charge on any atom is -0.478 e. The summed E-state index contributed by atoms with van der Waals surface area (Å²) in [5, 5.41) is 18.4. The van der Waals surface area contributed by atoms with E-state index in [0.29, 0.717) is 12.0 Å². The van der Waals surface area contributed by atoms with Gasteiger partial charge in [-0.25, -0.2) is 9.59 Å². The maximum absolute atomic E-state index is 12.6. The number of alkyl halides is 3. The molecule has 0 heterocycles. The molecule has 2 aromatic carbocycles. The number of carboxylic acid groups (broad SMARTS) is 2. The van der Waals surface area contributed by atoms with Crippen LogP contribution in [0.4, 0.5) is 13.2 Å². The lowest BCUT2D eigenvalue weighted by Crippen LogP contribution is -2.10. The maximum atomic E-state index is 12.6. The Morgan fingerprint density at radius 1 is 0.962 bits per heavy atom. The summed E-state index contributed by atoms with van der Waals surface area (Å²) in [6.45, 7) is 0. The summed E-state index contributed by atoms with van der Waals surface area (Å²) in [4.78, 5) is 22.6. The van der Waals surface area contributed by atoms with E-state index < -0.39 is 23.7 Å². The first-order chi connectivity index (χ1) is 12.1. The van der Waals surface area contributed by atoms with E-state index in [1.54, 1.807) is 0 Å². The molecule has 0 amide bonds. The van der Waals surface area contributed by atoms with Crippen molar-refractivity contribution in [1.29, 1.82) is 0 Å². The van der Waals surface area contributed by atoms with Crippen LogP contribution in [0.25, 0.3) is 0 Å². The average molecular weight is 387 g/mol. The summed E-state index contributed by atoms with van der Waals surface area (Å²) in [7, 11) is 0. The Hall–Kier alpha value is -2.54. The third-order valence-corrected chi connectivity index (χ3v) is 4.24. The van der Waals surface area contributed by atoms with Crippen LogP contribution < -0.4 is 0 Å². The van der Waals surface area contributed by atoms with Crippen LogP contribution in [-0.4, -0.2) is 22.2 Å². The summed E-state index contributed by atoms with van der Waals surface area (Å²) in [5.41, 5.74) is -0.414. The average Bonchev–Trinajstić information content (AvgIpc) is 2.55. The number of hydrogen-bond donors (Lipinski definition) is 2. The van der Waals surface area contributed by atoms with Crippen LogP contribution in [0, 0.1) is 0 Å². The van der Waals surface area contributed by atoms with E-state index in [1.165, 1.54) is 24.3 Å². The zero-order valence-corrected chi connectivity index (χ0v) is 14.1. The highest BCUT2D eigenvalue weighted by Crippen LogP contribution is 2.32. The minimum atomic E-state index is -4.49. The predicted octanol–water partition coefficient (Wildman–Crippen LogP) is 4.93. The fraction of sp³-hybridized carbons (Fsp3) is 0.222. The van der Waals surface area contributed by atoms with Crippen LogP contribution in [0.1, 0.15) is 43.8 Å². The molecular weight excluding hydrogens is 373 g/mol. The minimum absolute atomic E-state index is 0.0372. The fourth-order valence-corrected chi connectivity index (χ4v) is 2.91. The van der Waals surface area contributed by atoms with Gasteiger partial charge in [-0.15, -0.1) is 0 Å². The van der Waals surface area contributed by atoms with Gasteiger partial charge in [-0.2, -0.15) is 13.2 Å². The lowest BCUT2D eigenvalue weighted by atomic mass is 9.95. The van der Waals surface area contributed by atoms with Gasteiger partial charge >= 0.3 is 18.1 Å². The number of hydrogen-bond acceptors (Lipinski definition) is 2. The number of aromatic carboxylic acids is 2. The Balaban J connectivity index is 2.18. The molecule has 0 bridgehead atoms. The van der Waals surface area contributed by atoms with E-state index in [4.69, 9.17) is 11.6 Å². The van der Waals surface area contributed by atoms with E-state index in [1.807, 2.05) is 0 Å². The van der Waals surface area contributed by atoms with E-state index in [2.05, 4.69) is 0 Å². The van der Waals surface area contributed by atoms with Crippen molar-refractivity contribution in [2.75, 3.05) is 0 Å². The van der Waals surface area contributed by atoms with Crippen LogP contribution in [-0.2, 0) is 19.0 Å². The molecular formula is C18H14ClF3O4. The molecule has 2 N–H and O–H groups in total. The van der Waals surface area contributed by atoms with Crippen LogP contribution in [0.5, 0.6) is 0 Å². The molecule has 8 heteroatoms. The number of carboxylic acids is 2. The predicted molar refractivity (Wildman–Crippen MR) is 88.8 cm³/mol. The molecule has 0 fully saturated rings. The van der Waals surface area contributed by atoms with Crippen LogP contribution in [0.2, 0.25) is 5.02 Å². The van der Waals surface area contributed by atoms with E-state index in [0.717, 1.165) is 12.1 Å². The van der Waals surface area contributed by atoms with Crippen molar-refractivity contribution < 1.29 is 33.0 Å². The number of aryl methyl sites for hydroxylation is 1. The highest BCUT2D eigenvalue weighted by atomic mass is 35.5. The molecule has 0 aliphatic heterocycles. The van der Waals surface area contributed by atoms with Crippen molar-refractivity contribution in [3.8, 4) is 0 Å². The van der Waals surface area contributed by atoms with Gasteiger partial charge in [0.05, 0.1) is 16.7 Å². The van der Waals surface area contributed by atoms with E-state index >= 15 is 0 Å². The molecule has 2 aromatic rings. The van der Waals surface area contributed by atoms with Gasteiger partial charge in [0.25, 0.3) is 0 Å². The Kier molecular flexibility index (Phi) is 5.92. The van der Waals surface area contributed by atoms with Gasteiger partial charge in [0.1, 0.15) is 0 Å². The van der Waals surface area contributed by atoms with Gasteiger partial charge in [0, 0.05) is 5.02 Å². The highest BCUT2D eigenvalue weighted by molar-refractivity contribution is 6.31.